The molecule has 1 aromatic rings. The van der Waals surface area contributed by atoms with Crippen LogP contribution in [-0.2, 0) is 9.59 Å². The topological polar surface area (TPSA) is 95.9 Å². The van der Waals surface area contributed by atoms with Crippen LogP contribution in [0.25, 0.3) is 0 Å². The summed E-state index contributed by atoms with van der Waals surface area (Å²) in [4.78, 5) is 22.2. The first-order valence-corrected chi connectivity index (χ1v) is 5.50. The summed E-state index contributed by atoms with van der Waals surface area (Å²) in [5.74, 6) is -1.50. The van der Waals surface area contributed by atoms with Crippen LogP contribution in [-0.4, -0.2) is 41.3 Å². The molecule has 0 bridgehead atoms. The molecule has 1 unspecified atom stereocenters. The summed E-state index contributed by atoms with van der Waals surface area (Å²) < 4.78 is 5.35. The van der Waals surface area contributed by atoms with Gasteiger partial charge >= 0.3 is 5.97 Å². The maximum atomic E-state index is 11.8. The molecule has 1 amide bonds. The minimum Gasteiger partial charge on any atom is -0.492 e. The van der Waals surface area contributed by atoms with Gasteiger partial charge in [-0.2, -0.15) is 0 Å². The highest BCUT2D eigenvalue weighted by molar-refractivity contribution is 5.86. The maximum absolute atomic E-state index is 11.8. The Bertz CT molecular complexity index is 473. The van der Waals surface area contributed by atoms with Crippen molar-refractivity contribution in [2.24, 2.45) is 0 Å². The van der Waals surface area contributed by atoms with Crippen LogP contribution >= 0.6 is 0 Å². The Labute approximate surface area is 103 Å². The van der Waals surface area contributed by atoms with E-state index in [-0.39, 0.29) is 19.1 Å². The van der Waals surface area contributed by atoms with Gasteiger partial charge in [-0.05, 0) is 6.07 Å². The number of hydrogen-bond acceptors (Lipinski definition) is 4. The van der Waals surface area contributed by atoms with Crippen molar-refractivity contribution in [2.75, 3.05) is 13.2 Å². The second-order valence-electron chi connectivity index (χ2n) is 4.00. The molecule has 0 fully saturated rings. The SMILES string of the molecule is O=C(NC[C@H](O)C(=O)O)C1COc2ccccc21. The van der Waals surface area contributed by atoms with Gasteiger partial charge in [0, 0.05) is 5.56 Å². The highest BCUT2D eigenvalue weighted by Gasteiger charge is 2.30. The number of aliphatic carboxylic acids is 1. The minimum atomic E-state index is -1.59. The molecule has 0 aliphatic carbocycles. The second-order valence-corrected chi connectivity index (χ2v) is 4.00. The number of rotatable bonds is 4. The molecule has 0 radical (unpaired) electrons. The molecule has 1 aliphatic heterocycles. The first-order chi connectivity index (χ1) is 8.59. The number of carboxylic acids is 1. The number of amides is 1. The molecule has 0 aromatic heterocycles. The van der Waals surface area contributed by atoms with Gasteiger partial charge in [0.1, 0.15) is 18.3 Å². The normalized spacial score (nSPS) is 18.6. The number of carbonyl (C=O) groups excluding carboxylic acids is 1. The molecule has 6 nitrogen and oxygen atoms in total. The quantitative estimate of drug-likeness (QED) is 0.684. The molecule has 0 spiro atoms. The van der Waals surface area contributed by atoms with E-state index in [4.69, 9.17) is 14.9 Å². The van der Waals surface area contributed by atoms with Crippen LogP contribution in [0.5, 0.6) is 5.75 Å². The summed E-state index contributed by atoms with van der Waals surface area (Å²) in [5.41, 5.74) is 0.778. The maximum Gasteiger partial charge on any atom is 0.334 e. The van der Waals surface area contributed by atoms with Crippen LogP contribution in [0.15, 0.2) is 24.3 Å². The van der Waals surface area contributed by atoms with Crippen LogP contribution in [0.3, 0.4) is 0 Å². The van der Waals surface area contributed by atoms with Crippen molar-refractivity contribution in [3.05, 3.63) is 29.8 Å². The van der Waals surface area contributed by atoms with Crippen molar-refractivity contribution >= 4 is 11.9 Å². The van der Waals surface area contributed by atoms with E-state index in [1.54, 1.807) is 18.2 Å². The van der Waals surface area contributed by atoms with E-state index in [1.807, 2.05) is 6.07 Å². The molecule has 18 heavy (non-hydrogen) atoms. The van der Waals surface area contributed by atoms with Gasteiger partial charge < -0.3 is 20.3 Å². The van der Waals surface area contributed by atoms with E-state index >= 15 is 0 Å². The van der Waals surface area contributed by atoms with Crippen LogP contribution in [0.1, 0.15) is 11.5 Å². The lowest BCUT2D eigenvalue weighted by Crippen LogP contribution is -2.39. The van der Waals surface area contributed by atoms with Gasteiger partial charge in [0.05, 0.1) is 6.54 Å². The lowest BCUT2D eigenvalue weighted by Gasteiger charge is -2.11. The van der Waals surface area contributed by atoms with Gasteiger partial charge in [-0.25, -0.2) is 4.79 Å². The summed E-state index contributed by atoms with van der Waals surface area (Å²) >= 11 is 0. The van der Waals surface area contributed by atoms with E-state index in [1.165, 1.54) is 0 Å². The fraction of sp³-hybridized carbons (Fsp3) is 0.333. The lowest BCUT2D eigenvalue weighted by atomic mass is 10.0. The molecule has 96 valence electrons. The Hall–Kier alpha value is -2.08. The molecule has 3 N–H and O–H groups in total. The summed E-state index contributed by atoms with van der Waals surface area (Å²) in [6.07, 6.45) is -1.59. The van der Waals surface area contributed by atoms with E-state index in [2.05, 4.69) is 5.32 Å². The number of hydrogen-bond donors (Lipinski definition) is 3. The van der Waals surface area contributed by atoms with Crippen molar-refractivity contribution in [2.45, 2.75) is 12.0 Å². The van der Waals surface area contributed by atoms with E-state index in [0.717, 1.165) is 5.56 Å². The predicted molar refractivity (Wildman–Crippen MR) is 61.3 cm³/mol. The van der Waals surface area contributed by atoms with Crippen molar-refractivity contribution in [1.29, 1.82) is 0 Å². The summed E-state index contributed by atoms with van der Waals surface area (Å²) in [6.45, 7) is -0.0822. The Morgan fingerprint density at radius 3 is 2.89 bits per heavy atom. The molecular formula is C12H13NO5. The number of aliphatic hydroxyl groups excluding tert-OH is 1. The van der Waals surface area contributed by atoms with E-state index in [9.17, 15) is 9.59 Å². The fourth-order valence-corrected chi connectivity index (χ4v) is 1.79. The number of fused-ring (bicyclic) bond motifs is 1. The first kappa shape index (κ1) is 12.4. The van der Waals surface area contributed by atoms with Crippen LogP contribution in [0.4, 0.5) is 0 Å². The number of carbonyl (C=O) groups is 2. The Kier molecular flexibility index (Phi) is 3.47. The molecule has 2 rings (SSSR count). The smallest absolute Gasteiger partial charge is 0.334 e. The molecule has 1 aromatic carbocycles. The third-order valence-electron chi connectivity index (χ3n) is 2.77. The lowest BCUT2D eigenvalue weighted by molar-refractivity contribution is -0.146. The average Bonchev–Trinajstić information content (AvgIpc) is 2.79. The molecule has 1 heterocycles. The number of carboxylic acid groups (broad SMARTS) is 1. The Balaban J connectivity index is 1.97. The zero-order chi connectivity index (χ0) is 13.1. The highest BCUT2D eigenvalue weighted by Crippen LogP contribution is 2.33. The third kappa shape index (κ3) is 2.43. The number of ether oxygens (including phenoxy) is 1. The molecule has 6 heteroatoms. The molecule has 0 saturated carbocycles. The number of benzene rings is 1. The Morgan fingerprint density at radius 1 is 1.44 bits per heavy atom. The fourth-order valence-electron chi connectivity index (χ4n) is 1.79. The van der Waals surface area contributed by atoms with Gasteiger partial charge in [0.25, 0.3) is 0 Å². The molecule has 2 atom stereocenters. The van der Waals surface area contributed by atoms with Crippen molar-refractivity contribution in [3.63, 3.8) is 0 Å². The molecular weight excluding hydrogens is 238 g/mol. The van der Waals surface area contributed by atoms with Gasteiger partial charge in [-0.1, -0.05) is 18.2 Å². The molecule has 0 saturated heterocycles. The van der Waals surface area contributed by atoms with Gasteiger partial charge in [0.15, 0.2) is 6.10 Å². The third-order valence-corrected chi connectivity index (χ3v) is 2.77. The summed E-state index contributed by atoms with van der Waals surface area (Å²) in [6, 6.07) is 7.18. The first-order valence-electron chi connectivity index (χ1n) is 5.50. The van der Waals surface area contributed by atoms with Crippen molar-refractivity contribution < 1.29 is 24.5 Å². The van der Waals surface area contributed by atoms with Gasteiger partial charge in [-0.15, -0.1) is 0 Å². The standard InChI is InChI=1S/C12H13NO5/c14-9(12(16)17)5-13-11(15)8-6-18-10-4-2-1-3-7(8)10/h1-4,8-9,14H,5-6H2,(H,13,15)(H,16,17)/t8?,9-/m0/s1. The van der Waals surface area contributed by atoms with E-state index < -0.39 is 18.0 Å². The van der Waals surface area contributed by atoms with Crippen LogP contribution in [0, 0.1) is 0 Å². The largest absolute Gasteiger partial charge is 0.492 e. The average molecular weight is 251 g/mol. The number of aliphatic hydroxyl groups is 1. The highest BCUT2D eigenvalue weighted by atomic mass is 16.5. The van der Waals surface area contributed by atoms with Gasteiger partial charge in [-0.3, -0.25) is 4.79 Å². The van der Waals surface area contributed by atoms with Gasteiger partial charge in [0.2, 0.25) is 5.91 Å². The predicted octanol–water partition coefficient (Wildman–Crippen LogP) is -0.276. The monoisotopic (exact) mass is 251 g/mol. The summed E-state index contributed by atoms with van der Waals surface area (Å²) in [7, 11) is 0. The Morgan fingerprint density at radius 2 is 2.17 bits per heavy atom. The zero-order valence-corrected chi connectivity index (χ0v) is 9.50. The van der Waals surface area contributed by atoms with Crippen molar-refractivity contribution in [3.8, 4) is 5.75 Å². The number of nitrogens with one attached hydrogen (secondary N) is 1. The number of para-hydroxylation sites is 1. The zero-order valence-electron chi connectivity index (χ0n) is 9.50. The minimum absolute atomic E-state index is 0.231. The second kappa shape index (κ2) is 5.05. The van der Waals surface area contributed by atoms with Crippen LogP contribution < -0.4 is 10.1 Å². The van der Waals surface area contributed by atoms with Crippen LogP contribution in [0.2, 0.25) is 0 Å². The van der Waals surface area contributed by atoms with Crippen molar-refractivity contribution in [1.82, 2.24) is 5.32 Å². The molecule has 1 aliphatic rings. The summed E-state index contributed by atoms with van der Waals surface area (Å²) in [5, 5.41) is 20.0. The van der Waals surface area contributed by atoms with E-state index in [0.29, 0.717) is 5.75 Å².